The molecule has 2 N–H and O–H groups in total. The number of aromatic amines is 1. The molecule has 454 valence electrons. The van der Waals surface area contributed by atoms with Gasteiger partial charge in [-0.2, -0.15) is 0 Å². The molecule has 83 heavy (non-hydrogen) atoms. The lowest BCUT2D eigenvalue weighted by molar-refractivity contribution is -0.394. The van der Waals surface area contributed by atoms with Gasteiger partial charge in [-0.1, -0.05) is 5.21 Å². The van der Waals surface area contributed by atoms with E-state index in [2.05, 4.69) is 20.6 Å². The van der Waals surface area contributed by atoms with E-state index in [9.17, 15) is 39.4 Å². The van der Waals surface area contributed by atoms with Crippen molar-refractivity contribution in [2.45, 2.75) is 39.5 Å². The first-order chi connectivity index (χ1) is 40.4. The van der Waals surface area contributed by atoms with E-state index in [1.54, 1.807) is 40.0 Å². The van der Waals surface area contributed by atoms with Gasteiger partial charge in [-0.05, 0) is 43.2 Å². The second kappa shape index (κ2) is 36.3. The number of hydrogen-bond acceptors (Lipinski definition) is 22. The van der Waals surface area contributed by atoms with Crippen LogP contribution in [0.5, 0.6) is 5.75 Å². The van der Waals surface area contributed by atoms with Crippen LogP contribution in [0.4, 0.5) is 11.4 Å². The predicted octanol–water partition coefficient (Wildman–Crippen LogP) is 3.33. The summed E-state index contributed by atoms with van der Waals surface area (Å²) in [5.41, 5.74) is 1.84. The second-order valence-electron chi connectivity index (χ2n) is 18.3. The molecule has 0 saturated carbocycles. The number of nitro groups is 2. The van der Waals surface area contributed by atoms with Gasteiger partial charge in [0.2, 0.25) is 11.8 Å². The smallest absolute Gasteiger partial charge is 0.295 e. The molecule has 6 rings (SSSR count). The molecule has 5 aromatic rings. The van der Waals surface area contributed by atoms with Crippen LogP contribution in [0.2, 0.25) is 0 Å². The van der Waals surface area contributed by atoms with Crippen molar-refractivity contribution in [2.24, 2.45) is 0 Å². The average molecular weight is 1170 g/mol. The van der Waals surface area contributed by atoms with Gasteiger partial charge >= 0.3 is 0 Å². The van der Waals surface area contributed by atoms with Gasteiger partial charge in [-0.15, -0.1) is 5.10 Å². The Morgan fingerprint density at radius 2 is 1.27 bits per heavy atom. The first-order valence-electron chi connectivity index (χ1n) is 27.1. The van der Waals surface area contributed by atoms with Gasteiger partial charge in [0.05, 0.1) is 178 Å². The summed E-state index contributed by atoms with van der Waals surface area (Å²) in [5.74, 6) is -0.391. The van der Waals surface area contributed by atoms with Crippen molar-refractivity contribution in [2.75, 3.05) is 159 Å². The predicted molar refractivity (Wildman–Crippen MR) is 293 cm³/mol. The van der Waals surface area contributed by atoms with E-state index in [4.69, 9.17) is 56.5 Å². The number of non-ortho nitro benzene ring substituents is 1. The molecule has 29 heteroatoms. The summed E-state index contributed by atoms with van der Waals surface area (Å²) in [6.07, 6.45) is 4.15. The number of aryl methyl sites for hydroxylation is 1. The van der Waals surface area contributed by atoms with Crippen molar-refractivity contribution in [1.29, 1.82) is 0 Å². The fourth-order valence-electron chi connectivity index (χ4n) is 8.29. The number of ketones is 1. The number of fused-ring (bicyclic) bond motifs is 1. The maximum atomic E-state index is 13.5. The molecular formula is C54H73N9O20. The molecule has 3 aromatic heterocycles. The summed E-state index contributed by atoms with van der Waals surface area (Å²) in [5, 5.41) is 33.6. The number of carbonyl (C=O) groups excluding carboxylic acids is 4. The summed E-state index contributed by atoms with van der Waals surface area (Å²) in [6, 6.07) is 10.6. The Bertz CT molecular complexity index is 2810. The normalized spacial score (nSPS) is 12.6. The number of nitrogens with zero attached hydrogens (tertiary/aromatic N) is 7. The number of Topliss-reactive ketones (excluding diaryl/α,β-unsaturated/α-hetero) is 1. The highest BCUT2D eigenvalue weighted by Crippen LogP contribution is 2.37. The van der Waals surface area contributed by atoms with E-state index in [0.717, 1.165) is 6.07 Å². The highest BCUT2D eigenvalue weighted by Gasteiger charge is 2.31. The van der Waals surface area contributed by atoms with Crippen LogP contribution in [0.25, 0.3) is 22.2 Å². The van der Waals surface area contributed by atoms with Gasteiger partial charge in [0.25, 0.3) is 23.1 Å². The zero-order valence-corrected chi connectivity index (χ0v) is 46.8. The van der Waals surface area contributed by atoms with Crippen molar-refractivity contribution in [3.8, 4) is 17.1 Å². The Hall–Kier alpha value is -7.32. The number of piperazine rings is 1. The van der Waals surface area contributed by atoms with Crippen molar-refractivity contribution < 1.29 is 85.5 Å². The number of H-pyrrole nitrogens is 1. The van der Waals surface area contributed by atoms with E-state index >= 15 is 0 Å². The number of rotatable bonds is 43. The van der Waals surface area contributed by atoms with Crippen molar-refractivity contribution in [1.82, 2.24) is 35.1 Å². The Labute approximate surface area is 478 Å². The Morgan fingerprint density at radius 1 is 0.687 bits per heavy atom. The minimum atomic E-state index is -0.689. The molecule has 0 bridgehead atoms. The maximum Gasteiger partial charge on any atom is 0.295 e. The maximum absolute atomic E-state index is 13.5. The van der Waals surface area contributed by atoms with Crippen LogP contribution in [-0.4, -0.2) is 222 Å². The summed E-state index contributed by atoms with van der Waals surface area (Å²) in [4.78, 5) is 78.0. The lowest BCUT2D eigenvalue weighted by atomic mass is 10.0. The average Bonchev–Trinajstić information content (AvgIpc) is 3.23. The highest BCUT2D eigenvalue weighted by atomic mass is 16.6. The zero-order chi connectivity index (χ0) is 59.0. The van der Waals surface area contributed by atoms with Crippen LogP contribution in [0.1, 0.15) is 40.7 Å². The summed E-state index contributed by atoms with van der Waals surface area (Å²) < 4.78 is 68.6. The van der Waals surface area contributed by atoms with Crippen molar-refractivity contribution in [3.05, 3.63) is 97.7 Å². The molecule has 0 atom stereocenters. The number of aromatic nitrogens is 4. The summed E-state index contributed by atoms with van der Waals surface area (Å²) >= 11 is 0. The molecule has 2 aromatic carbocycles. The van der Waals surface area contributed by atoms with E-state index < -0.39 is 21.5 Å². The highest BCUT2D eigenvalue weighted by molar-refractivity contribution is 6.45. The van der Waals surface area contributed by atoms with Crippen LogP contribution in [0.3, 0.4) is 0 Å². The molecule has 0 unspecified atom stereocenters. The Kier molecular flexibility index (Phi) is 28.4. The molecule has 4 heterocycles. The lowest BCUT2D eigenvalue weighted by Crippen LogP contribution is -2.51. The lowest BCUT2D eigenvalue weighted by Gasteiger charge is -2.33. The van der Waals surface area contributed by atoms with E-state index in [0.29, 0.717) is 183 Å². The van der Waals surface area contributed by atoms with Crippen LogP contribution in [-0.2, 0) is 87.9 Å². The number of benzene rings is 2. The number of carbonyl (C=O) groups is 4. The number of ether oxygens (including phenoxy) is 11. The second-order valence-corrected chi connectivity index (χ2v) is 18.3. The van der Waals surface area contributed by atoms with Crippen LogP contribution in [0, 0.1) is 20.2 Å². The van der Waals surface area contributed by atoms with Gasteiger partial charge in [0.15, 0.2) is 0 Å². The van der Waals surface area contributed by atoms with E-state index in [1.807, 2.05) is 0 Å². The first-order valence-corrected chi connectivity index (χ1v) is 27.1. The molecule has 1 aliphatic rings. The largest absolute Gasteiger partial charge is 0.496 e. The molecule has 0 aliphatic carbocycles. The minimum absolute atomic E-state index is 0.0757. The fourth-order valence-corrected chi connectivity index (χ4v) is 8.29. The van der Waals surface area contributed by atoms with Gasteiger partial charge in [0, 0.05) is 63.1 Å². The van der Waals surface area contributed by atoms with Gasteiger partial charge in [-0.3, -0.25) is 39.4 Å². The van der Waals surface area contributed by atoms with E-state index in [1.165, 1.54) is 37.3 Å². The molecule has 0 spiro atoms. The molecule has 1 saturated heterocycles. The number of amides is 3. The van der Waals surface area contributed by atoms with Crippen molar-refractivity contribution in [3.63, 3.8) is 0 Å². The molecule has 1 aliphatic heterocycles. The molecule has 0 radical (unpaired) electrons. The zero-order valence-electron chi connectivity index (χ0n) is 46.8. The molecule has 1 fully saturated rings. The number of nitrogens with one attached hydrogen (secondary N) is 2. The minimum Gasteiger partial charge on any atom is -0.496 e. The number of furan rings is 1. The summed E-state index contributed by atoms with van der Waals surface area (Å²) in [7, 11) is 1.48. The van der Waals surface area contributed by atoms with Crippen LogP contribution < -0.4 is 10.1 Å². The third kappa shape index (κ3) is 22.1. The first kappa shape index (κ1) is 64.8. The van der Waals surface area contributed by atoms with E-state index in [-0.39, 0.29) is 74.8 Å². The Balaban J connectivity index is 0.671. The van der Waals surface area contributed by atoms with Crippen LogP contribution >= 0.6 is 0 Å². The van der Waals surface area contributed by atoms with Gasteiger partial charge < -0.3 is 76.6 Å². The van der Waals surface area contributed by atoms with Gasteiger partial charge in [-0.25, -0.2) is 4.68 Å². The topological polar surface area (TPSA) is 334 Å². The fraction of sp³-hybridized carbons (Fsp3) is 0.556. The third-order valence-corrected chi connectivity index (χ3v) is 12.6. The van der Waals surface area contributed by atoms with Crippen LogP contribution in [0.15, 0.2) is 59.3 Å². The summed E-state index contributed by atoms with van der Waals surface area (Å²) in [6.45, 7) is 10.2. The Morgan fingerprint density at radius 3 is 1.86 bits per heavy atom. The number of methoxy groups -OCH3 is 1. The van der Waals surface area contributed by atoms with Crippen molar-refractivity contribution >= 4 is 45.8 Å². The number of hydrogen-bond donors (Lipinski definition) is 2. The molecule has 29 nitrogen and oxygen atoms in total. The third-order valence-electron chi connectivity index (χ3n) is 12.6. The monoisotopic (exact) mass is 1170 g/mol. The van der Waals surface area contributed by atoms with Gasteiger partial charge in [0.1, 0.15) is 29.6 Å². The quantitative estimate of drug-likeness (QED) is 0.0186. The molecular weight excluding hydrogens is 1090 g/mol. The SMILES string of the molecule is COc1ccc(-c2ccc(CNC(=O)COCCOCCOCCOCCOCCOCCn3cc(COCCOCCOCCOCCCc4ccc([N+](=O)[O-])cc4[N+](=O)[O-])nn3)o2)c2[nH]cc(C(=O)C(=O)N3CCN(C(C)=O)CC3)c12. The number of nitro benzene ring substituents is 2. The molecule has 3 amide bonds. The standard InChI is InChI=1S/C54H73N9O20/c1-40(64)59-11-13-60(14-12-59)54(67)53(66)46-36-56-52-45(8-10-49(72-2)51(46)52)48-9-7-44(83-48)35-55-50(65)39-82-33-31-80-29-27-78-25-24-77-23-22-76-21-19-74-17-15-61-37-42(57-58-61)38-81-32-30-79-28-26-75-20-18-73-16-3-4-41-5-6-43(62(68)69)34-47(41)63(70)71/h5-10,34,36-37,56H,3-4,11-33,35,38-39H2,1-2H3,(H,55,65).